The van der Waals surface area contributed by atoms with Gasteiger partial charge in [0.2, 0.25) is 0 Å². The summed E-state index contributed by atoms with van der Waals surface area (Å²) in [5, 5.41) is 8.74. The van der Waals surface area contributed by atoms with E-state index in [0.29, 0.717) is 34.9 Å². The topological polar surface area (TPSA) is 127 Å². The Morgan fingerprint density at radius 1 is 0.949 bits per heavy atom. The average Bonchev–Trinajstić information content (AvgIpc) is 2.94. The fraction of sp³-hybridized carbons (Fsp3) is 0.185. The summed E-state index contributed by atoms with van der Waals surface area (Å²) in [6, 6.07) is 15.8. The number of para-hydroxylation sites is 1. The molecule has 3 aromatic carbocycles. The van der Waals surface area contributed by atoms with E-state index >= 15 is 0 Å². The third-order valence-corrected chi connectivity index (χ3v) is 5.49. The van der Waals surface area contributed by atoms with Gasteiger partial charge in [-0.1, -0.05) is 29.8 Å². The van der Waals surface area contributed by atoms with Crippen molar-refractivity contribution in [3.05, 3.63) is 82.6 Å². The van der Waals surface area contributed by atoms with Crippen LogP contribution in [0.2, 0.25) is 5.02 Å². The van der Waals surface area contributed by atoms with Crippen LogP contribution in [0.25, 0.3) is 0 Å². The van der Waals surface area contributed by atoms with E-state index in [1.165, 1.54) is 32.6 Å². The van der Waals surface area contributed by atoms with Crippen molar-refractivity contribution in [1.29, 1.82) is 0 Å². The summed E-state index contributed by atoms with van der Waals surface area (Å²) >= 11 is 5.72. The van der Waals surface area contributed by atoms with Gasteiger partial charge in [0, 0.05) is 17.8 Å². The smallest absolute Gasteiger partial charge is 0.329 e. The molecule has 0 aliphatic rings. The Morgan fingerprint density at radius 2 is 1.72 bits per heavy atom. The molecule has 0 unspecified atom stereocenters. The molecule has 0 bridgehead atoms. The van der Waals surface area contributed by atoms with Gasteiger partial charge < -0.3 is 24.8 Å². The molecule has 0 saturated heterocycles. The molecule has 0 aromatic heterocycles. The highest BCUT2D eigenvalue weighted by Gasteiger charge is 2.13. The number of nitrogens with one attached hydrogen (secondary N) is 3. The molecular weight excluding hydrogens is 531 g/mol. The number of nitrogens with zero attached hydrogens (tertiary/aromatic N) is 1. The fourth-order valence-electron chi connectivity index (χ4n) is 3.28. The molecule has 10 nitrogen and oxygen atoms in total. The minimum Gasteiger partial charge on any atom is -0.493 e. The summed E-state index contributed by atoms with van der Waals surface area (Å²) < 4.78 is 29.3. The van der Waals surface area contributed by atoms with Crippen LogP contribution < -0.4 is 30.3 Å². The highest BCUT2D eigenvalue weighted by Crippen LogP contribution is 2.27. The third-order valence-electron chi connectivity index (χ3n) is 5.20. The molecule has 0 fully saturated rings. The van der Waals surface area contributed by atoms with E-state index < -0.39 is 23.5 Å². The molecule has 204 valence electrons. The number of carbonyl (C=O) groups is 3. The van der Waals surface area contributed by atoms with Gasteiger partial charge in [-0.15, -0.1) is 0 Å². The minimum atomic E-state index is -0.950. The Hall–Kier alpha value is -4.64. The Balaban J connectivity index is 1.46. The van der Waals surface area contributed by atoms with Gasteiger partial charge in [-0.25, -0.2) is 9.82 Å². The van der Waals surface area contributed by atoms with Crippen LogP contribution in [0.5, 0.6) is 17.2 Å². The number of amides is 3. The number of methoxy groups -OCH3 is 2. The van der Waals surface area contributed by atoms with Gasteiger partial charge in [-0.3, -0.25) is 14.4 Å². The number of hydrogen-bond donors (Lipinski definition) is 3. The molecule has 0 saturated carbocycles. The molecule has 3 aromatic rings. The number of ether oxygens (including phenoxy) is 3. The molecule has 0 atom stereocenters. The average molecular weight is 557 g/mol. The van der Waals surface area contributed by atoms with Crippen LogP contribution in [0, 0.1) is 5.82 Å². The van der Waals surface area contributed by atoms with Crippen molar-refractivity contribution < 1.29 is 33.0 Å². The first-order chi connectivity index (χ1) is 18.8. The summed E-state index contributed by atoms with van der Waals surface area (Å²) in [7, 11) is 3.07. The molecule has 0 heterocycles. The van der Waals surface area contributed by atoms with Gasteiger partial charge >= 0.3 is 11.8 Å². The molecule has 3 amide bonds. The zero-order valence-corrected chi connectivity index (χ0v) is 21.9. The number of benzene rings is 3. The highest BCUT2D eigenvalue weighted by atomic mass is 35.5. The van der Waals surface area contributed by atoms with Gasteiger partial charge in [-0.2, -0.15) is 5.10 Å². The number of carbonyl (C=O) groups excluding carboxylic acids is 3. The molecule has 0 aliphatic heterocycles. The van der Waals surface area contributed by atoms with Crippen LogP contribution in [0.1, 0.15) is 11.1 Å². The second-order valence-corrected chi connectivity index (χ2v) is 8.31. The van der Waals surface area contributed by atoms with E-state index in [1.54, 1.807) is 36.4 Å². The van der Waals surface area contributed by atoms with Gasteiger partial charge in [0.1, 0.15) is 11.6 Å². The monoisotopic (exact) mass is 556 g/mol. The number of anilines is 1. The Labute approximate surface area is 229 Å². The van der Waals surface area contributed by atoms with Crippen LogP contribution in [0.3, 0.4) is 0 Å². The lowest BCUT2D eigenvalue weighted by molar-refractivity contribution is -0.139. The van der Waals surface area contributed by atoms with E-state index in [0.717, 1.165) is 11.6 Å². The Bertz CT molecular complexity index is 1370. The maximum absolute atomic E-state index is 13.3. The van der Waals surface area contributed by atoms with E-state index in [1.807, 2.05) is 6.07 Å². The van der Waals surface area contributed by atoms with Crippen molar-refractivity contribution >= 4 is 41.2 Å². The molecular formula is C27H26ClFN4O6. The maximum Gasteiger partial charge on any atom is 0.329 e. The van der Waals surface area contributed by atoms with Gasteiger partial charge in [0.25, 0.3) is 5.91 Å². The van der Waals surface area contributed by atoms with E-state index in [9.17, 15) is 18.8 Å². The lowest BCUT2D eigenvalue weighted by Gasteiger charge is -2.10. The summed E-state index contributed by atoms with van der Waals surface area (Å²) in [4.78, 5) is 36.4. The van der Waals surface area contributed by atoms with E-state index in [-0.39, 0.29) is 18.2 Å². The normalized spacial score (nSPS) is 10.6. The lowest BCUT2D eigenvalue weighted by Crippen LogP contribution is -2.38. The maximum atomic E-state index is 13.3. The van der Waals surface area contributed by atoms with Crippen LogP contribution in [-0.2, 0) is 20.8 Å². The van der Waals surface area contributed by atoms with Gasteiger partial charge in [-0.05, 0) is 54.4 Å². The predicted octanol–water partition coefficient (Wildman–Crippen LogP) is 3.32. The molecule has 3 rings (SSSR count). The van der Waals surface area contributed by atoms with Crippen LogP contribution >= 0.6 is 11.6 Å². The number of rotatable bonds is 11. The minimum absolute atomic E-state index is 0.121. The molecule has 12 heteroatoms. The van der Waals surface area contributed by atoms with Crippen molar-refractivity contribution in [2.24, 2.45) is 5.10 Å². The fourth-order valence-corrected chi connectivity index (χ4v) is 3.46. The lowest BCUT2D eigenvalue weighted by atomic mass is 10.1. The first-order valence-corrected chi connectivity index (χ1v) is 12.0. The Kier molecular flexibility index (Phi) is 10.6. The third kappa shape index (κ3) is 8.71. The van der Waals surface area contributed by atoms with Crippen molar-refractivity contribution in [3.63, 3.8) is 0 Å². The Morgan fingerprint density at radius 3 is 2.46 bits per heavy atom. The van der Waals surface area contributed by atoms with Crippen LogP contribution in [-0.4, -0.2) is 51.3 Å². The highest BCUT2D eigenvalue weighted by molar-refractivity contribution is 6.35. The number of hydrogen-bond acceptors (Lipinski definition) is 7. The summed E-state index contributed by atoms with van der Waals surface area (Å²) in [6.45, 7) is -0.136. The molecule has 0 radical (unpaired) electrons. The summed E-state index contributed by atoms with van der Waals surface area (Å²) in [6.07, 6.45) is 1.75. The summed E-state index contributed by atoms with van der Waals surface area (Å²) in [5.74, 6) is -1.43. The zero-order chi connectivity index (χ0) is 28.2. The van der Waals surface area contributed by atoms with Crippen LogP contribution in [0.4, 0.5) is 10.1 Å². The van der Waals surface area contributed by atoms with Crippen molar-refractivity contribution in [3.8, 4) is 17.2 Å². The SMILES string of the molecule is COc1ccc(CCNC(=O)C(=O)N/N=C\c2ccccc2OCC(=O)Nc2ccc(F)c(Cl)c2)cc1OC. The first-order valence-electron chi connectivity index (χ1n) is 11.6. The van der Waals surface area contributed by atoms with Crippen molar-refractivity contribution in [1.82, 2.24) is 10.7 Å². The molecule has 39 heavy (non-hydrogen) atoms. The number of hydrazone groups is 1. The van der Waals surface area contributed by atoms with Crippen molar-refractivity contribution in [2.45, 2.75) is 6.42 Å². The summed E-state index contributed by atoms with van der Waals surface area (Å²) in [5.41, 5.74) is 3.80. The second kappa shape index (κ2) is 14.3. The van der Waals surface area contributed by atoms with E-state index in [4.69, 9.17) is 25.8 Å². The zero-order valence-electron chi connectivity index (χ0n) is 21.1. The van der Waals surface area contributed by atoms with Crippen LogP contribution in [0.15, 0.2) is 65.8 Å². The predicted molar refractivity (Wildman–Crippen MR) is 144 cm³/mol. The van der Waals surface area contributed by atoms with Gasteiger partial charge in [0.15, 0.2) is 18.1 Å². The number of halogens is 2. The largest absolute Gasteiger partial charge is 0.493 e. The first kappa shape index (κ1) is 28.9. The molecule has 0 spiro atoms. The molecule has 3 N–H and O–H groups in total. The quantitative estimate of drug-likeness (QED) is 0.189. The molecule has 0 aliphatic carbocycles. The van der Waals surface area contributed by atoms with Crippen molar-refractivity contribution in [2.75, 3.05) is 32.7 Å². The van der Waals surface area contributed by atoms with E-state index in [2.05, 4.69) is 21.2 Å². The second-order valence-electron chi connectivity index (χ2n) is 7.90. The standard InChI is InChI=1S/C27H26ClFN4O6/c1-37-23-10-7-17(13-24(23)38-2)11-12-30-26(35)27(36)33-31-15-18-5-3-4-6-22(18)39-16-25(34)32-19-8-9-21(29)20(28)14-19/h3-10,13-15H,11-12,16H2,1-2H3,(H,30,35)(H,32,34)(H,33,36)/b31-15-. The van der Waals surface area contributed by atoms with Gasteiger partial charge in [0.05, 0.1) is 25.5 Å².